The second-order valence-electron chi connectivity index (χ2n) is 21.0. The van der Waals surface area contributed by atoms with Gasteiger partial charge in [0.05, 0.1) is 68.1 Å². The molecule has 8 bridgehead atoms. The van der Waals surface area contributed by atoms with Crippen molar-refractivity contribution in [2.24, 2.45) is 38.8 Å². The number of aliphatic carboxylic acids is 2. The van der Waals surface area contributed by atoms with Crippen molar-refractivity contribution in [2.75, 3.05) is 41.0 Å². The number of hydrogen-bond acceptors (Lipinski definition) is 16. The van der Waals surface area contributed by atoms with Gasteiger partial charge in [-0.15, -0.1) is 0 Å². The number of aliphatic imine (C=N–C) groups is 2. The van der Waals surface area contributed by atoms with Gasteiger partial charge >= 0.3 is 29.8 Å². The number of amides is 4. The highest BCUT2D eigenvalue weighted by molar-refractivity contribution is 6.03. The van der Waals surface area contributed by atoms with E-state index >= 15 is 0 Å². The van der Waals surface area contributed by atoms with Crippen LogP contribution in [0.5, 0.6) is 0 Å². The Balaban J connectivity index is 1.38. The van der Waals surface area contributed by atoms with E-state index in [9.17, 15) is 53.4 Å². The lowest BCUT2D eigenvalue weighted by molar-refractivity contribution is -0.149. The number of H-pyrrole nitrogens is 2. The highest BCUT2D eigenvalue weighted by Crippen LogP contribution is 2.52. The molecule has 0 spiro atoms. The number of carboxylic acids is 2. The van der Waals surface area contributed by atoms with E-state index in [1.807, 2.05) is 45.9 Å². The summed E-state index contributed by atoms with van der Waals surface area (Å²) in [5, 5.41) is 28.9. The number of nitrogens with one attached hydrogen (secondary N) is 6. The van der Waals surface area contributed by atoms with Gasteiger partial charge in [0.1, 0.15) is 24.0 Å². The smallest absolute Gasteiger partial charge is 0.334 e. The number of rotatable bonds is 27. The molecule has 28 heteroatoms. The van der Waals surface area contributed by atoms with E-state index in [-0.39, 0.29) is 81.9 Å². The second-order valence-corrected chi connectivity index (χ2v) is 21.0. The summed E-state index contributed by atoms with van der Waals surface area (Å²) in [4.78, 5) is 143. The number of carboxylic acid groups (broad SMARTS) is 2. The van der Waals surface area contributed by atoms with Gasteiger partial charge in [0, 0.05) is 53.6 Å². The molecule has 0 saturated carbocycles. The zero-order valence-electron chi connectivity index (χ0n) is 49.4. The fourth-order valence-electron chi connectivity index (χ4n) is 10.7. The van der Waals surface area contributed by atoms with Crippen molar-refractivity contribution in [1.82, 2.24) is 41.2 Å². The largest absolute Gasteiger partial charge is 0.481 e. The molecule has 28 nitrogen and oxygen atoms in total. The molecule has 4 amide bonds. The first kappa shape index (κ1) is 66.0. The summed E-state index contributed by atoms with van der Waals surface area (Å²) in [6.07, 6.45) is 4.32. The molecule has 0 radical (unpaired) electrons. The normalized spacial score (nSPS) is 16.0. The van der Waals surface area contributed by atoms with Crippen LogP contribution in [0.3, 0.4) is 0 Å². The molecule has 5 atom stereocenters. The SMILES string of the molecule is C=CC1=C(C)c2cc3nc(cc4[nH]c(cc5[nH]c(cc1n2)c(C)c5CCC(=O)N[C@@H](CCCN=C(N)N)C(=O)NCC(=O)N[C@@H](CC(=O)O)C(=O)NC(CCCN=C(N)N)C(=O)O)c(CCC(=O)OC)c4C)[C@@]1(C)C3=CC=C(C(=O)OC)[C@H]1C(=O)OC. The van der Waals surface area contributed by atoms with E-state index in [2.05, 4.69) is 47.8 Å². The maximum Gasteiger partial charge on any atom is 0.334 e. The quantitative estimate of drug-likeness (QED) is 0.0169. The van der Waals surface area contributed by atoms with Crippen molar-refractivity contribution < 1.29 is 67.6 Å². The lowest BCUT2D eigenvalue weighted by Crippen LogP contribution is -2.54. The highest BCUT2D eigenvalue weighted by atomic mass is 16.5. The van der Waals surface area contributed by atoms with Gasteiger partial charge in [0.2, 0.25) is 23.6 Å². The number of carbonyl (C=O) groups excluding carboxylic acids is 7. The molecule has 87 heavy (non-hydrogen) atoms. The number of guanidine groups is 2. The molecule has 0 aromatic carbocycles. The van der Waals surface area contributed by atoms with E-state index < -0.39 is 95.9 Å². The van der Waals surface area contributed by atoms with Crippen LogP contribution >= 0.6 is 0 Å². The fourth-order valence-corrected chi connectivity index (χ4v) is 10.7. The number of esters is 3. The highest BCUT2D eigenvalue weighted by Gasteiger charge is 2.54. The summed E-state index contributed by atoms with van der Waals surface area (Å²) in [6.45, 7) is 10.9. The number of aromatic nitrogens is 4. The minimum Gasteiger partial charge on any atom is -0.481 e. The van der Waals surface area contributed by atoms with Crippen molar-refractivity contribution in [3.63, 3.8) is 0 Å². The van der Waals surface area contributed by atoms with E-state index in [4.69, 9.17) is 47.1 Å². The lowest BCUT2D eigenvalue weighted by atomic mass is 9.64. The first-order valence-corrected chi connectivity index (χ1v) is 27.7. The molecule has 1 unspecified atom stereocenters. The number of nitrogens with two attached hydrogens (primary N) is 4. The second kappa shape index (κ2) is 29.1. The minimum atomic E-state index is -1.76. The number of allylic oxidation sites excluding steroid dienone is 6. The van der Waals surface area contributed by atoms with Gasteiger partial charge in [0.25, 0.3) is 0 Å². The molecule has 3 aromatic rings. The third kappa shape index (κ3) is 15.8. The molecule has 6 rings (SSSR count). The van der Waals surface area contributed by atoms with Crippen molar-refractivity contribution in [3.05, 3.63) is 99.7 Å². The van der Waals surface area contributed by atoms with Gasteiger partial charge in [-0.05, 0) is 124 Å². The molecule has 3 aliphatic rings. The molecule has 1 aliphatic carbocycles. The molecular weight excluding hydrogens is 1130 g/mol. The summed E-state index contributed by atoms with van der Waals surface area (Å²) < 4.78 is 15.5. The molecule has 464 valence electrons. The first-order valence-electron chi connectivity index (χ1n) is 27.7. The third-order valence-electron chi connectivity index (χ3n) is 15.3. The average Bonchev–Trinajstić information content (AvgIpc) is 1.63. The van der Waals surface area contributed by atoms with Crippen LogP contribution in [0.1, 0.15) is 104 Å². The molecule has 16 N–H and O–H groups in total. The van der Waals surface area contributed by atoms with Crippen molar-refractivity contribution >= 4 is 104 Å². The number of ether oxygens (including phenoxy) is 3. The summed E-state index contributed by atoms with van der Waals surface area (Å²) >= 11 is 0. The van der Waals surface area contributed by atoms with Crippen LogP contribution in [0.25, 0.3) is 38.8 Å². The number of nitrogens with zero attached hydrogens (tertiary/aromatic N) is 4. The number of fused-ring (bicyclic) bond motifs is 11. The van der Waals surface area contributed by atoms with E-state index in [0.29, 0.717) is 61.6 Å². The zero-order valence-corrected chi connectivity index (χ0v) is 49.4. The van der Waals surface area contributed by atoms with Crippen LogP contribution < -0.4 is 44.2 Å². The molecule has 0 saturated heterocycles. The average molecular weight is 1200 g/mol. The molecular formula is C59H74N14O14. The Morgan fingerprint density at radius 3 is 1.86 bits per heavy atom. The number of carbonyl (C=O) groups is 9. The van der Waals surface area contributed by atoms with Gasteiger partial charge in [0.15, 0.2) is 11.9 Å². The monoisotopic (exact) mass is 1200 g/mol. The molecule has 3 aromatic heterocycles. The Morgan fingerprint density at radius 2 is 1.30 bits per heavy atom. The van der Waals surface area contributed by atoms with E-state index in [0.717, 1.165) is 22.3 Å². The summed E-state index contributed by atoms with van der Waals surface area (Å²) in [5.74, 6) is -9.99. The van der Waals surface area contributed by atoms with Gasteiger partial charge in [-0.1, -0.05) is 24.8 Å². The Labute approximate surface area is 499 Å². The Kier molecular flexibility index (Phi) is 22.1. The Morgan fingerprint density at radius 1 is 0.701 bits per heavy atom. The number of methoxy groups -OCH3 is 3. The van der Waals surface area contributed by atoms with Crippen LogP contribution in [0.2, 0.25) is 0 Å². The van der Waals surface area contributed by atoms with Crippen LogP contribution in [0.4, 0.5) is 0 Å². The number of hydrogen-bond donors (Lipinski definition) is 12. The first-order chi connectivity index (χ1) is 41.3. The van der Waals surface area contributed by atoms with Crippen LogP contribution in [-0.4, -0.2) is 155 Å². The summed E-state index contributed by atoms with van der Waals surface area (Å²) in [7, 11) is 3.76. The Bertz CT molecular complexity index is 3600. The zero-order chi connectivity index (χ0) is 64.0. The predicted octanol–water partition coefficient (Wildman–Crippen LogP) is 1.57. The predicted molar refractivity (Wildman–Crippen MR) is 321 cm³/mol. The van der Waals surface area contributed by atoms with E-state index in [1.165, 1.54) is 21.3 Å². The van der Waals surface area contributed by atoms with Crippen LogP contribution in [0.15, 0.2) is 64.6 Å². The standard InChI is InChI=1S/C59H74N14O14/c1-9-31-28(2)39-23-44-35-17-14-34(55(83)86-7)51(56(84)87-8)59(35,5)46(70-44)25-40-30(4)33(16-19-50(78)85-6)43(69-40)24-42-32(29(3)38(68-42)22-41(31)67-39)15-18-47(74)71-36(12-10-20-64-57(60)61)52(79)66-27-48(75)72-45(26-49(76)77)53(80)73-37(54(81)82)13-11-21-65-58(62)63/h9,14,17,22-25,36-37,45,51,68-69H,1,10-13,15-16,18-21,26-27H2,2-8H3,(H,66,79)(H,71,74)(H,72,75)(H,73,80)(H,76,77)(H,81,82)(H4,60,61,64)(H4,62,63,65)/t36-,37?,45-,51-,59+/m0/s1. The van der Waals surface area contributed by atoms with Gasteiger partial charge < -0.3 is 78.6 Å². The van der Waals surface area contributed by atoms with Crippen molar-refractivity contribution in [1.29, 1.82) is 0 Å². The summed E-state index contributed by atoms with van der Waals surface area (Å²) in [6, 6.07) is 2.80. The minimum absolute atomic E-state index is 0.00301. The molecule has 0 fully saturated rings. The maximum atomic E-state index is 14.1. The van der Waals surface area contributed by atoms with Crippen LogP contribution in [0, 0.1) is 19.8 Å². The molecule has 5 heterocycles. The van der Waals surface area contributed by atoms with Crippen LogP contribution in [-0.2, 0) is 75.6 Å². The van der Waals surface area contributed by atoms with Crippen molar-refractivity contribution in [3.8, 4) is 0 Å². The van der Waals surface area contributed by atoms with E-state index in [1.54, 1.807) is 24.3 Å². The third-order valence-corrected chi connectivity index (χ3v) is 15.3. The fraction of sp³-hybridized carbons (Fsp3) is 0.407. The van der Waals surface area contributed by atoms with Gasteiger partial charge in [-0.25, -0.2) is 14.6 Å². The molecule has 2 aliphatic heterocycles. The van der Waals surface area contributed by atoms with Crippen molar-refractivity contribution in [2.45, 2.75) is 109 Å². The number of aryl methyl sites for hydroxylation is 4. The lowest BCUT2D eigenvalue weighted by Gasteiger charge is -2.36. The topological polar surface area (TPSA) is 456 Å². The van der Waals surface area contributed by atoms with Gasteiger partial charge in [-0.2, -0.15) is 0 Å². The summed E-state index contributed by atoms with van der Waals surface area (Å²) in [5.41, 5.74) is 29.7. The number of aromatic amines is 2. The maximum absolute atomic E-state index is 14.1. The van der Waals surface area contributed by atoms with Gasteiger partial charge in [-0.3, -0.25) is 48.5 Å². The Hall–Kier alpha value is -10.2.